The molecule has 29 heavy (non-hydrogen) atoms. The van der Waals surface area contributed by atoms with E-state index in [2.05, 4.69) is 41.5 Å². The van der Waals surface area contributed by atoms with Crippen LogP contribution in [0.2, 0.25) is 0 Å². The molecule has 3 saturated carbocycles. The van der Waals surface area contributed by atoms with Crippen LogP contribution < -0.4 is 0 Å². The summed E-state index contributed by atoms with van der Waals surface area (Å²) >= 11 is 0. The molecule has 4 rings (SSSR count). The Morgan fingerprint density at radius 2 is 1.90 bits per heavy atom. The van der Waals surface area contributed by atoms with Crippen molar-refractivity contribution in [1.82, 2.24) is 0 Å². The molecule has 0 aromatic carbocycles. The Hall–Kier alpha value is -0.570. The number of hydrogen-bond donors (Lipinski definition) is 0. The zero-order valence-electron chi connectivity index (χ0n) is 19.7. The monoisotopic (exact) mass is 404 g/mol. The molecule has 2 bridgehead atoms. The Morgan fingerprint density at radius 3 is 2.48 bits per heavy atom. The lowest BCUT2D eigenvalue weighted by Crippen LogP contribution is -2.52. The molecule has 9 atom stereocenters. The fraction of sp³-hybridized carbons (Fsp3) is 0.962. The predicted molar refractivity (Wildman–Crippen MR) is 116 cm³/mol. The average Bonchev–Trinajstić information content (AvgIpc) is 3.25. The van der Waals surface area contributed by atoms with Crippen molar-refractivity contribution >= 4 is 5.97 Å². The SMILES string of the molecule is CCC(C)(C)C1C(C)CC1C1C2CC(CC2C(=O)OC2CCCCO2)C1C(C)C. The van der Waals surface area contributed by atoms with E-state index in [0.717, 1.165) is 67.8 Å². The van der Waals surface area contributed by atoms with E-state index in [4.69, 9.17) is 9.47 Å². The van der Waals surface area contributed by atoms with E-state index in [1.54, 1.807) is 0 Å². The van der Waals surface area contributed by atoms with E-state index >= 15 is 0 Å². The maximum absolute atomic E-state index is 13.2. The lowest BCUT2D eigenvalue weighted by atomic mass is 9.47. The predicted octanol–water partition coefficient (Wildman–Crippen LogP) is 6.31. The summed E-state index contributed by atoms with van der Waals surface area (Å²) in [6, 6.07) is 0. The highest BCUT2D eigenvalue weighted by atomic mass is 16.7. The number of esters is 1. The zero-order chi connectivity index (χ0) is 20.9. The van der Waals surface area contributed by atoms with Gasteiger partial charge in [-0.3, -0.25) is 4.79 Å². The first-order valence-electron chi connectivity index (χ1n) is 12.6. The maximum Gasteiger partial charge on any atom is 0.311 e. The van der Waals surface area contributed by atoms with Crippen LogP contribution in [-0.4, -0.2) is 18.9 Å². The molecule has 3 nitrogen and oxygen atoms in total. The molecule has 0 amide bonds. The Morgan fingerprint density at radius 1 is 1.14 bits per heavy atom. The molecule has 0 radical (unpaired) electrons. The van der Waals surface area contributed by atoms with E-state index in [1.807, 2.05) is 0 Å². The van der Waals surface area contributed by atoms with Crippen LogP contribution in [0.5, 0.6) is 0 Å². The largest absolute Gasteiger partial charge is 0.436 e. The second-order valence-electron chi connectivity index (χ2n) is 11.9. The smallest absolute Gasteiger partial charge is 0.311 e. The summed E-state index contributed by atoms with van der Waals surface area (Å²) < 4.78 is 11.6. The second kappa shape index (κ2) is 8.17. The van der Waals surface area contributed by atoms with Crippen molar-refractivity contribution in [2.24, 2.45) is 58.7 Å². The van der Waals surface area contributed by atoms with Crippen molar-refractivity contribution in [3.05, 3.63) is 0 Å². The lowest BCUT2D eigenvalue weighted by Gasteiger charge is -2.57. The summed E-state index contributed by atoms with van der Waals surface area (Å²) in [5.74, 6) is 6.07. The summed E-state index contributed by atoms with van der Waals surface area (Å²) in [5.41, 5.74) is 0.400. The van der Waals surface area contributed by atoms with Gasteiger partial charge in [0.25, 0.3) is 0 Å². The molecule has 4 fully saturated rings. The fourth-order valence-corrected chi connectivity index (χ4v) is 8.26. The van der Waals surface area contributed by atoms with Gasteiger partial charge in [0.05, 0.1) is 12.5 Å². The van der Waals surface area contributed by atoms with Crippen LogP contribution in [0.3, 0.4) is 0 Å². The third kappa shape index (κ3) is 3.79. The van der Waals surface area contributed by atoms with Gasteiger partial charge in [-0.25, -0.2) is 0 Å². The summed E-state index contributed by atoms with van der Waals surface area (Å²) in [6.07, 6.45) is 7.70. The number of hydrogen-bond acceptors (Lipinski definition) is 3. The van der Waals surface area contributed by atoms with Crippen molar-refractivity contribution in [2.45, 2.75) is 92.8 Å². The molecule has 0 aromatic heterocycles. The average molecular weight is 405 g/mol. The van der Waals surface area contributed by atoms with Gasteiger partial charge in [-0.1, -0.05) is 48.0 Å². The van der Waals surface area contributed by atoms with E-state index < -0.39 is 0 Å². The van der Waals surface area contributed by atoms with Crippen LogP contribution in [0, 0.1) is 58.7 Å². The Balaban J connectivity index is 1.51. The molecule has 3 heteroatoms. The number of fused-ring (bicyclic) bond motifs is 2. The van der Waals surface area contributed by atoms with Gasteiger partial charge in [-0.2, -0.15) is 0 Å². The van der Waals surface area contributed by atoms with Crippen molar-refractivity contribution in [3.63, 3.8) is 0 Å². The summed E-state index contributed by atoms with van der Waals surface area (Å²) in [5, 5.41) is 0. The highest BCUT2D eigenvalue weighted by Gasteiger charge is 2.62. The Kier molecular flexibility index (Phi) is 6.10. The number of rotatable bonds is 6. The minimum absolute atomic E-state index is 0.0512. The van der Waals surface area contributed by atoms with Crippen LogP contribution in [0.25, 0.3) is 0 Å². The molecule has 166 valence electrons. The molecule has 0 spiro atoms. The van der Waals surface area contributed by atoms with E-state index in [-0.39, 0.29) is 18.2 Å². The van der Waals surface area contributed by atoms with E-state index in [0.29, 0.717) is 17.3 Å². The van der Waals surface area contributed by atoms with Crippen LogP contribution in [0.1, 0.15) is 86.5 Å². The maximum atomic E-state index is 13.2. The minimum Gasteiger partial charge on any atom is -0.436 e. The van der Waals surface area contributed by atoms with Crippen molar-refractivity contribution < 1.29 is 14.3 Å². The van der Waals surface area contributed by atoms with Gasteiger partial charge >= 0.3 is 5.97 Å². The molecule has 4 aliphatic rings. The molecule has 0 aromatic rings. The Bertz CT molecular complexity index is 591. The first-order valence-corrected chi connectivity index (χ1v) is 12.6. The summed E-state index contributed by atoms with van der Waals surface area (Å²) in [6.45, 7) is 15.3. The van der Waals surface area contributed by atoms with Crippen LogP contribution in [-0.2, 0) is 14.3 Å². The van der Waals surface area contributed by atoms with Gasteiger partial charge in [-0.15, -0.1) is 0 Å². The second-order valence-corrected chi connectivity index (χ2v) is 11.9. The minimum atomic E-state index is -0.287. The molecule has 1 heterocycles. The number of carbonyl (C=O) groups is 1. The third-order valence-corrected chi connectivity index (χ3v) is 9.62. The fourth-order valence-electron chi connectivity index (χ4n) is 8.26. The quantitative estimate of drug-likeness (QED) is 0.487. The van der Waals surface area contributed by atoms with Crippen LogP contribution in [0.15, 0.2) is 0 Å². The van der Waals surface area contributed by atoms with Gasteiger partial charge in [0, 0.05) is 6.42 Å². The molecular weight excluding hydrogens is 360 g/mol. The molecule has 9 unspecified atom stereocenters. The lowest BCUT2D eigenvalue weighted by molar-refractivity contribution is -0.195. The van der Waals surface area contributed by atoms with Gasteiger partial charge in [0.2, 0.25) is 6.29 Å². The van der Waals surface area contributed by atoms with Crippen LogP contribution in [0.4, 0.5) is 0 Å². The topological polar surface area (TPSA) is 35.5 Å². The highest BCUT2D eigenvalue weighted by molar-refractivity contribution is 5.73. The zero-order valence-corrected chi connectivity index (χ0v) is 19.7. The molecule has 1 saturated heterocycles. The standard InChI is InChI=1S/C26H44O3/c1-7-26(5,6)24-16(4)12-20(24)23-18-13-17(22(23)15(2)3)14-19(18)25(27)29-21-10-8-9-11-28-21/h15-24H,7-14H2,1-6H3. The molecule has 3 aliphatic carbocycles. The van der Waals surface area contributed by atoms with Crippen molar-refractivity contribution in [3.8, 4) is 0 Å². The van der Waals surface area contributed by atoms with Crippen LogP contribution >= 0.6 is 0 Å². The van der Waals surface area contributed by atoms with Gasteiger partial charge in [0.15, 0.2) is 0 Å². The van der Waals surface area contributed by atoms with Crippen molar-refractivity contribution in [1.29, 1.82) is 0 Å². The first kappa shape index (κ1) is 21.7. The summed E-state index contributed by atoms with van der Waals surface area (Å²) in [7, 11) is 0. The van der Waals surface area contributed by atoms with Crippen molar-refractivity contribution in [2.75, 3.05) is 6.61 Å². The molecular formula is C26H44O3. The summed E-state index contributed by atoms with van der Waals surface area (Å²) in [4.78, 5) is 13.2. The number of ether oxygens (including phenoxy) is 2. The van der Waals surface area contributed by atoms with Gasteiger partial charge in [-0.05, 0) is 84.9 Å². The first-order chi connectivity index (χ1) is 13.7. The number of carbonyl (C=O) groups excluding carboxylic acids is 1. The van der Waals surface area contributed by atoms with E-state index in [1.165, 1.54) is 19.3 Å². The van der Waals surface area contributed by atoms with E-state index in [9.17, 15) is 4.79 Å². The normalized spacial score (nSPS) is 44.7. The third-order valence-electron chi connectivity index (χ3n) is 9.62. The van der Waals surface area contributed by atoms with Gasteiger partial charge in [0.1, 0.15) is 0 Å². The highest BCUT2D eigenvalue weighted by Crippen LogP contribution is 2.66. The Labute approximate surface area is 178 Å². The molecule has 1 aliphatic heterocycles. The van der Waals surface area contributed by atoms with Gasteiger partial charge < -0.3 is 9.47 Å². The molecule has 0 N–H and O–H groups in total.